The van der Waals surface area contributed by atoms with E-state index in [-0.39, 0.29) is 11.4 Å². The summed E-state index contributed by atoms with van der Waals surface area (Å²) in [5, 5.41) is 0. The maximum atomic E-state index is 13.7. The third-order valence-corrected chi connectivity index (χ3v) is 4.79. The molecule has 3 rings (SSSR count). The number of sulfonamides is 1. The van der Waals surface area contributed by atoms with Gasteiger partial charge in [0.1, 0.15) is 16.5 Å². The third kappa shape index (κ3) is 4.40. The normalized spacial score (nSPS) is 11.2. The van der Waals surface area contributed by atoms with Crippen LogP contribution in [0.15, 0.2) is 77.8 Å². The number of hydrogen-bond donors (Lipinski definition) is 1. The molecular formula is C18H15FN2O3S. The van der Waals surface area contributed by atoms with Crippen LogP contribution >= 0.6 is 0 Å². The van der Waals surface area contributed by atoms with Gasteiger partial charge in [-0.2, -0.15) is 0 Å². The molecule has 0 saturated carbocycles. The first-order chi connectivity index (χ1) is 12.0. The van der Waals surface area contributed by atoms with Gasteiger partial charge >= 0.3 is 0 Å². The number of nitrogens with zero attached hydrogens (tertiary/aromatic N) is 1. The van der Waals surface area contributed by atoms with Gasteiger partial charge in [-0.15, -0.1) is 0 Å². The first-order valence-electron chi connectivity index (χ1n) is 7.47. The number of halogens is 1. The molecule has 0 aliphatic heterocycles. The van der Waals surface area contributed by atoms with Gasteiger partial charge < -0.3 is 4.74 Å². The monoisotopic (exact) mass is 358 g/mol. The van der Waals surface area contributed by atoms with Crippen molar-refractivity contribution in [1.82, 2.24) is 9.71 Å². The highest BCUT2D eigenvalue weighted by atomic mass is 32.2. The summed E-state index contributed by atoms with van der Waals surface area (Å²) in [4.78, 5) is 3.68. The molecule has 1 N–H and O–H groups in total. The van der Waals surface area contributed by atoms with Crippen molar-refractivity contribution >= 4 is 10.0 Å². The SMILES string of the molecule is O=S(=O)(NCc1cccc(Oc2ccccn2)c1)c1ccccc1F. The summed E-state index contributed by atoms with van der Waals surface area (Å²) in [6.07, 6.45) is 1.61. The summed E-state index contributed by atoms with van der Waals surface area (Å²) < 4.78 is 46.1. The van der Waals surface area contributed by atoms with Crippen LogP contribution in [0.2, 0.25) is 0 Å². The minimum absolute atomic E-state index is 0.0100. The zero-order valence-corrected chi connectivity index (χ0v) is 13.9. The Morgan fingerprint density at radius 2 is 1.80 bits per heavy atom. The topological polar surface area (TPSA) is 68.3 Å². The van der Waals surface area contributed by atoms with Gasteiger partial charge in [0.25, 0.3) is 0 Å². The van der Waals surface area contributed by atoms with E-state index in [1.165, 1.54) is 18.2 Å². The van der Waals surface area contributed by atoms with Crippen LogP contribution in [-0.2, 0) is 16.6 Å². The van der Waals surface area contributed by atoms with Gasteiger partial charge in [-0.3, -0.25) is 0 Å². The Morgan fingerprint density at radius 3 is 2.56 bits per heavy atom. The zero-order chi connectivity index (χ0) is 17.7. The summed E-state index contributed by atoms with van der Waals surface area (Å²) in [5.74, 6) is 0.176. The fourth-order valence-corrected chi connectivity index (χ4v) is 3.26. The first-order valence-corrected chi connectivity index (χ1v) is 8.95. The number of pyridine rings is 1. The fraction of sp³-hybridized carbons (Fsp3) is 0.0556. The maximum absolute atomic E-state index is 13.7. The van der Waals surface area contributed by atoms with Crippen molar-refractivity contribution < 1.29 is 17.5 Å². The molecule has 3 aromatic rings. The third-order valence-electron chi connectivity index (χ3n) is 3.35. The molecule has 0 radical (unpaired) electrons. The van der Waals surface area contributed by atoms with E-state index in [1.54, 1.807) is 48.7 Å². The van der Waals surface area contributed by atoms with Crippen LogP contribution in [0.5, 0.6) is 11.6 Å². The highest BCUT2D eigenvalue weighted by molar-refractivity contribution is 7.89. The molecular weight excluding hydrogens is 343 g/mol. The van der Waals surface area contributed by atoms with Crippen LogP contribution in [0.25, 0.3) is 0 Å². The minimum atomic E-state index is -3.94. The predicted octanol–water partition coefficient (Wildman–Crippen LogP) is 3.49. The smallest absolute Gasteiger partial charge is 0.243 e. The second-order valence-corrected chi connectivity index (χ2v) is 6.91. The number of hydrogen-bond acceptors (Lipinski definition) is 4. The van der Waals surface area contributed by atoms with Crippen molar-refractivity contribution in [2.75, 3.05) is 0 Å². The second-order valence-electron chi connectivity index (χ2n) is 5.17. The van der Waals surface area contributed by atoms with Crippen molar-refractivity contribution in [3.63, 3.8) is 0 Å². The lowest BCUT2D eigenvalue weighted by Crippen LogP contribution is -2.24. The van der Waals surface area contributed by atoms with Crippen LogP contribution in [0.1, 0.15) is 5.56 Å². The highest BCUT2D eigenvalue weighted by Crippen LogP contribution is 2.20. The highest BCUT2D eigenvalue weighted by Gasteiger charge is 2.18. The van der Waals surface area contributed by atoms with Crippen molar-refractivity contribution in [2.24, 2.45) is 0 Å². The molecule has 2 aromatic carbocycles. The number of rotatable bonds is 6. The van der Waals surface area contributed by atoms with Crippen molar-refractivity contribution in [2.45, 2.75) is 11.4 Å². The van der Waals surface area contributed by atoms with Crippen molar-refractivity contribution in [3.8, 4) is 11.6 Å². The second kappa shape index (κ2) is 7.42. The molecule has 0 amide bonds. The molecule has 0 bridgehead atoms. The van der Waals surface area contributed by atoms with Gasteiger partial charge in [0.05, 0.1) is 0 Å². The van der Waals surface area contributed by atoms with E-state index < -0.39 is 15.8 Å². The molecule has 0 aliphatic carbocycles. The number of aromatic nitrogens is 1. The lowest BCUT2D eigenvalue weighted by molar-refractivity contribution is 0.462. The van der Waals surface area contributed by atoms with E-state index in [9.17, 15) is 12.8 Å². The quantitative estimate of drug-likeness (QED) is 0.732. The van der Waals surface area contributed by atoms with Gasteiger partial charge in [0, 0.05) is 18.8 Å². The lowest BCUT2D eigenvalue weighted by atomic mass is 10.2. The van der Waals surface area contributed by atoms with Gasteiger partial charge in [0.15, 0.2) is 0 Å². The molecule has 0 fully saturated rings. The average Bonchev–Trinajstić information content (AvgIpc) is 2.62. The molecule has 0 atom stereocenters. The van der Waals surface area contributed by atoms with Crippen LogP contribution in [0.3, 0.4) is 0 Å². The molecule has 1 heterocycles. The standard InChI is InChI=1S/C18H15FN2O3S/c19-16-8-1-2-9-17(16)25(22,23)21-13-14-6-5-7-15(12-14)24-18-10-3-4-11-20-18/h1-12,21H,13H2. The summed E-state index contributed by atoms with van der Waals surface area (Å²) in [7, 11) is -3.94. The van der Waals surface area contributed by atoms with E-state index in [2.05, 4.69) is 9.71 Å². The Morgan fingerprint density at radius 1 is 1.00 bits per heavy atom. The van der Waals surface area contributed by atoms with E-state index in [0.29, 0.717) is 17.2 Å². The van der Waals surface area contributed by atoms with E-state index in [0.717, 1.165) is 6.07 Å². The molecule has 0 unspecified atom stereocenters. The Balaban J connectivity index is 1.71. The van der Waals surface area contributed by atoms with Crippen LogP contribution in [0.4, 0.5) is 4.39 Å². The van der Waals surface area contributed by atoms with Crippen molar-refractivity contribution in [1.29, 1.82) is 0 Å². The number of benzene rings is 2. The van der Waals surface area contributed by atoms with Crippen molar-refractivity contribution in [3.05, 3.63) is 84.3 Å². The molecule has 25 heavy (non-hydrogen) atoms. The van der Waals surface area contributed by atoms with Gasteiger partial charge in [0.2, 0.25) is 15.9 Å². The predicted molar refractivity (Wildman–Crippen MR) is 91.2 cm³/mol. The van der Waals surface area contributed by atoms with Gasteiger partial charge in [-0.05, 0) is 35.9 Å². The first kappa shape index (κ1) is 17.1. The molecule has 0 aliphatic rings. The van der Waals surface area contributed by atoms with E-state index in [1.807, 2.05) is 0 Å². The minimum Gasteiger partial charge on any atom is -0.439 e. The van der Waals surface area contributed by atoms with Gasteiger partial charge in [-0.25, -0.2) is 22.5 Å². The summed E-state index contributed by atoms with van der Waals surface area (Å²) in [6.45, 7) is 0.0100. The van der Waals surface area contributed by atoms with E-state index >= 15 is 0 Å². The molecule has 5 nitrogen and oxygen atoms in total. The van der Waals surface area contributed by atoms with E-state index in [4.69, 9.17) is 4.74 Å². The molecule has 1 aromatic heterocycles. The summed E-state index contributed by atoms with van der Waals surface area (Å²) in [6, 6.07) is 17.4. The van der Waals surface area contributed by atoms with Crippen LogP contribution in [0, 0.1) is 5.82 Å². The maximum Gasteiger partial charge on any atom is 0.243 e. The zero-order valence-electron chi connectivity index (χ0n) is 13.1. The molecule has 0 saturated heterocycles. The number of ether oxygens (including phenoxy) is 1. The largest absolute Gasteiger partial charge is 0.439 e. The Hall–Kier alpha value is -2.77. The Labute approximate surface area is 145 Å². The summed E-state index contributed by atoms with van der Waals surface area (Å²) >= 11 is 0. The average molecular weight is 358 g/mol. The molecule has 7 heteroatoms. The van der Waals surface area contributed by atoms with Crippen LogP contribution < -0.4 is 9.46 Å². The fourth-order valence-electron chi connectivity index (χ4n) is 2.17. The van der Waals surface area contributed by atoms with Gasteiger partial charge in [-0.1, -0.05) is 30.3 Å². The number of nitrogens with one attached hydrogen (secondary N) is 1. The Kier molecular flexibility index (Phi) is 5.06. The lowest BCUT2D eigenvalue weighted by Gasteiger charge is -2.09. The molecule has 128 valence electrons. The molecule has 0 spiro atoms. The Bertz CT molecular complexity index is 963. The van der Waals surface area contributed by atoms with Crippen LogP contribution in [-0.4, -0.2) is 13.4 Å². The summed E-state index contributed by atoms with van der Waals surface area (Å²) in [5.41, 5.74) is 0.674.